The minimum atomic E-state index is -4.50. The molecule has 0 aromatic heterocycles. The fourth-order valence-corrected chi connectivity index (χ4v) is 10.3. The molecule has 3 fully saturated rings. The van der Waals surface area contributed by atoms with Crippen LogP contribution < -0.4 is 30.1 Å². The van der Waals surface area contributed by atoms with Crippen LogP contribution in [-0.2, 0) is 36.8 Å². The van der Waals surface area contributed by atoms with E-state index >= 15 is 0 Å². The number of allylic oxidation sites excluding steroid dienone is 1. The lowest BCUT2D eigenvalue weighted by atomic mass is 10.0. The average Bonchev–Trinajstić information content (AvgIpc) is 3.67. The predicted molar refractivity (Wildman–Crippen MR) is 225 cm³/mol. The number of hydrogen-bond donors (Lipinski definition) is 4. The molecular weight excluding hydrogens is 818 g/mol. The standard InChI is InChI=1S/C45H52FN6O9P/c46-37-23-14-15-30-27-51(29-36(30)37)44(57)59-35-25-39-40(53)49-45(42(55)50-62(58,60-33-19-7-4-8-20-33)61-34-21-9-5-10-22-34)26-31(45)16-6-2-1-3-11-24-38(41(54)52(39)28-35)48-43(56)47-32-17-12-13-18-32/h4-10,14-16,19-23,31-32,35,38-39H,1-3,11-13,17-18,24-29H2,(H,49,53)(H2,47,48,56)(H,50,55,58)/b16-6-/t31?,35-,38+,39+,45-/m1/s1. The van der Waals surface area contributed by atoms with E-state index in [0.29, 0.717) is 30.4 Å². The van der Waals surface area contributed by atoms with E-state index in [-0.39, 0.29) is 50.0 Å². The maximum Gasteiger partial charge on any atom is 0.543 e. The number of carbonyl (C=O) groups excluding carboxylic acids is 5. The third kappa shape index (κ3) is 9.91. The monoisotopic (exact) mass is 870 g/mol. The van der Waals surface area contributed by atoms with Gasteiger partial charge in [0.15, 0.2) is 0 Å². The van der Waals surface area contributed by atoms with E-state index in [9.17, 15) is 32.9 Å². The Morgan fingerprint density at radius 3 is 2.21 bits per heavy atom. The van der Waals surface area contributed by atoms with Gasteiger partial charge in [-0.2, -0.15) is 0 Å². The van der Waals surface area contributed by atoms with Gasteiger partial charge in [-0.25, -0.2) is 23.6 Å². The molecule has 3 aromatic rings. The molecule has 5 atom stereocenters. The lowest BCUT2D eigenvalue weighted by Gasteiger charge is -2.30. The van der Waals surface area contributed by atoms with Gasteiger partial charge >= 0.3 is 19.9 Å². The van der Waals surface area contributed by atoms with Crippen molar-refractivity contribution in [3.05, 3.63) is 108 Å². The summed E-state index contributed by atoms with van der Waals surface area (Å²) in [6, 6.07) is 18.4. The summed E-state index contributed by atoms with van der Waals surface area (Å²) in [7, 11) is -4.50. The number of amides is 6. The highest BCUT2D eigenvalue weighted by molar-refractivity contribution is 7.53. The number of urea groups is 1. The Balaban J connectivity index is 1.06. The van der Waals surface area contributed by atoms with Gasteiger partial charge in [-0.3, -0.25) is 19.3 Å². The summed E-state index contributed by atoms with van der Waals surface area (Å²) in [5.74, 6) is -2.64. The molecule has 0 bridgehead atoms. The van der Waals surface area contributed by atoms with Crippen molar-refractivity contribution in [1.82, 2.24) is 30.8 Å². The van der Waals surface area contributed by atoms with Crippen LogP contribution in [0.4, 0.5) is 14.0 Å². The van der Waals surface area contributed by atoms with Crippen LogP contribution in [0.3, 0.4) is 0 Å². The van der Waals surface area contributed by atoms with Crippen LogP contribution in [0.2, 0.25) is 0 Å². The topological polar surface area (TPSA) is 185 Å². The molecule has 2 aliphatic carbocycles. The molecular formula is C45H52FN6O9P. The predicted octanol–water partition coefficient (Wildman–Crippen LogP) is 6.64. The minimum Gasteiger partial charge on any atom is -0.444 e. The van der Waals surface area contributed by atoms with Crippen molar-refractivity contribution < 1.29 is 46.7 Å². The summed E-state index contributed by atoms with van der Waals surface area (Å²) >= 11 is 0. The lowest BCUT2D eigenvalue weighted by Crippen LogP contribution is -2.58. The van der Waals surface area contributed by atoms with Crippen LogP contribution in [0.5, 0.6) is 11.5 Å². The molecule has 5 aliphatic rings. The van der Waals surface area contributed by atoms with Gasteiger partial charge in [-0.15, -0.1) is 0 Å². The van der Waals surface area contributed by atoms with Gasteiger partial charge in [0, 0.05) is 30.5 Å². The first-order valence-electron chi connectivity index (χ1n) is 21.5. The average molecular weight is 871 g/mol. The Morgan fingerprint density at radius 1 is 0.823 bits per heavy atom. The molecule has 6 amide bonds. The van der Waals surface area contributed by atoms with Crippen molar-refractivity contribution in [2.75, 3.05) is 6.54 Å². The fourth-order valence-electron chi connectivity index (χ4n) is 8.88. The molecule has 0 radical (unpaired) electrons. The maximum absolute atomic E-state index is 14.7. The van der Waals surface area contributed by atoms with E-state index < -0.39 is 73.1 Å². The maximum atomic E-state index is 14.7. The summed E-state index contributed by atoms with van der Waals surface area (Å²) in [6.07, 6.45) is 8.93. The number of para-hydroxylation sites is 2. The van der Waals surface area contributed by atoms with E-state index in [0.717, 1.165) is 38.5 Å². The van der Waals surface area contributed by atoms with Gasteiger partial charge in [-0.05, 0) is 74.4 Å². The van der Waals surface area contributed by atoms with Crippen LogP contribution >= 0.6 is 7.75 Å². The zero-order valence-corrected chi connectivity index (χ0v) is 35.2. The molecule has 0 spiro atoms. The van der Waals surface area contributed by atoms with Gasteiger partial charge < -0.3 is 34.6 Å². The van der Waals surface area contributed by atoms with E-state index in [1.165, 1.54) is 15.9 Å². The van der Waals surface area contributed by atoms with Gasteiger partial charge in [-0.1, -0.05) is 86.4 Å². The molecule has 62 heavy (non-hydrogen) atoms. The zero-order valence-electron chi connectivity index (χ0n) is 34.3. The summed E-state index contributed by atoms with van der Waals surface area (Å²) in [4.78, 5) is 73.4. The molecule has 2 saturated carbocycles. The number of halogens is 1. The number of carbonyl (C=O) groups is 5. The molecule has 328 valence electrons. The van der Waals surface area contributed by atoms with Crippen molar-refractivity contribution in [3.8, 4) is 11.5 Å². The Morgan fingerprint density at radius 2 is 1.52 bits per heavy atom. The second-order valence-corrected chi connectivity index (χ2v) is 18.3. The number of nitrogens with one attached hydrogen (secondary N) is 4. The first kappa shape index (κ1) is 42.8. The summed E-state index contributed by atoms with van der Waals surface area (Å²) in [5, 5.41) is 11.3. The molecule has 17 heteroatoms. The van der Waals surface area contributed by atoms with E-state index in [4.69, 9.17) is 13.8 Å². The number of nitrogens with zero attached hydrogens (tertiary/aromatic N) is 2. The van der Waals surface area contributed by atoms with Crippen LogP contribution in [0.25, 0.3) is 0 Å². The van der Waals surface area contributed by atoms with Crippen LogP contribution in [0.15, 0.2) is 91.0 Å². The Bertz CT molecular complexity index is 2180. The van der Waals surface area contributed by atoms with E-state index in [1.807, 2.05) is 12.2 Å². The quantitative estimate of drug-likeness (QED) is 0.135. The van der Waals surface area contributed by atoms with Crippen molar-refractivity contribution in [2.24, 2.45) is 5.92 Å². The van der Waals surface area contributed by atoms with Crippen molar-refractivity contribution in [2.45, 2.75) is 113 Å². The highest BCUT2D eigenvalue weighted by atomic mass is 31.2. The molecule has 3 heterocycles. The molecule has 8 rings (SSSR count). The normalized spacial score (nSPS) is 25.8. The number of fused-ring (bicyclic) bond motifs is 3. The SMILES string of the molecule is O=C(NC1CCCC1)N[C@H]1CCCCC/C=C\C2C[C@@]2(C(=O)NP(=O)(Oc2ccccc2)Oc2ccccc2)NC(=O)[C@@H]2C[C@@H](OC(=O)N3Cc4cccc(F)c4C3)CN2C1=O. The Labute approximate surface area is 359 Å². The molecule has 1 unspecified atom stereocenters. The second kappa shape index (κ2) is 18.6. The zero-order chi connectivity index (χ0) is 43.3. The molecule has 3 aromatic carbocycles. The minimum absolute atomic E-state index is 0.000582. The third-order valence-electron chi connectivity index (χ3n) is 12.3. The van der Waals surface area contributed by atoms with Crippen molar-refractivity contribution in [1.29, 1.82) is 0 Å². The smallest absolute Gasteiger partial charge is 0.444 e. The highest BCUT2D eigenvalue weighted by Crippen LogP contribution is 2.50. The first-order valence-corrected chi connectivity index (χ1v) is 23.0. The highest BCUT2D eigenvalue weighted by Gasteiger charge is 2.62. The molecule has 4 N–H and O–H groups in total. The largest absolute Gasteiger partial charge is 0.543 e. The van der Waals surface area contributed by atoms with Gasteiger partial charge in [0.25, 0.3) is 5.91 Å². The van der Waals surface area contributed by atoms with Crippen molar-refractivity contribution >= 4 is 37.6 Å². The summed E-state index contributed by atoms with van der Waals surface area (Å²) < 4.78 is 46.7. The number of rotatable bonds is 9. The number of hydrogen-bond acceptors (Lipinski definition) is 9. The number of benzene rings is 3. The van der Waals surface area contributed by atoms with Gasteiger partial charge in [0.05, 0.1) is 13.1 Å². The van der Waals surface area contributed by atoms with Crippen LogP contribution in [0, 0.1) is 11.7 Å². The summed E-state index contributed by atoms with van der Waals surface area (Å²) in [5.41, 5.74) is -0.561. The summed E-state index contributed by atoms with van der Waals surface area (Å²) in [6.45, 7) is -0.0416. The molecule has 1 saturated heterocycles. The van der Waals surface area contributed by atoms with Crippen molar-refractivity contribution in [3.63, 3.8) is 0 Å². The van der Waals surface area contributed by atoms with Gasteiger partial charge in [0.2, 0.25) is 11.8 Å². The lowest BCUT2D eigenvalue weighted by molar-refractivity contribution is -0.141. The van der Waals surface area contributed by atoms with E-state index in [2.05, 4.69) is 21.0 Å². The fraction of sp³-hybridized carbons (Fsp3) is 0.444. The third-order valence-corrected chi connectivity index (χ3v) is 13.6. The Kier molecular flexibility index (Phi) is 12.8. The second-order valence-electron chi connectivity index (χ2n) is 16.7. The molecule has 15 nitrogen and oxygen atoms in total. The van der Waals surface area contributed by atoms with Crippen LogP contribution in [0.1, 0.15) is 81.8 Å². The Hall–Kier alpha value is -5.89. The van der Waals surface area contributed by atoms with Gasteiger partial charge in [0.1, 0.15) is 41.0 Å². The van der Waals surface area contributed by atoms with Crippen LogP contribution in [-0.4, -0.2) is 76.0 Å². The van der Waals surface area contributed by atoms with E-state index in [1.54, 1.807) is 72.8 Å². The first-order chi connectivity index (χ1) is 30.0. The number of ether oxygens (including phenoxy) is 1. The molecule has 3 aliphatic heterocycles.